The van der Waals surface area contributed by atoms with Crippen molar-refractivity contribution >= 4 is 35.6 Å². The Labute approximate surface area is 198 Å². The molecule has 0 aliphatic carbocycles. The highest BCUT2D eigenvalue weighted by Gasteiger charge is 2.35. The molecule has 2 aliphatic rings. The highest BCUT2D eigenvalue weighted by Crippen LogP contribution is 2.23. The first-order valence-electron chi connectivity index (χ1n) is 10.4. The Kier molecular flexibility index (Phi) is 8.02. The fourth-order valence-electron chi connectivity index (χ4n) is 3.56. The maximum atomic E-state index is 11.9. The molecule has 2 aromatic rings. The number of carbonyl (C=O) groups is 6. The van der Waals surface area contributed by atoms with Crippen molar-refractivity contribution in [1.82, 2.24) is 9.80 Å². The van der Waals surface area contributed by atoms with Gasteiger partial charge in [0.25, 0.3) is 23.6 Å². The second-order valence-corrected chi connectivity index (χ2v) is 7.40. The normalized spacial score (nSPS) is 13.8. The first-order valence-corrected chi connectivity index (χ1v) is 10.4. The number of hydrogen-bond donors (Lipinski definition) is 2. The summed E-state index contributed by atoms with van der Waals surface area (Å²) in [6.07, 6.45) is -0.0310. The van der Waals surface area contributed by atoms with E-state index in [0.29, 0.717) is 22.3 Å². The predicted octanol–water partition coefficient (Wildman–Crippen LogP) is 1.77. The van der Waals surface area contributed by atoms with Crippen LogP contribution < -0.4 is 0 Å². The van der Waals surface area contributed by atoms with Gasteiger partial charge in [-0.15, -0.1) is 0 Å². The zero-order valence-corrected chi connectivity index (χ0v) is 18.2. The van der Waals surface area contributed by atoms with Crippen LogP contribution >= 0.6 is 0 Å². The van der Waals surface area contributed by atoms with Crippen molar-refractivity contribution in [1.29, 1.82) is 0 Å². The van der Waals surface area contributed by atoms with Gasteiger partial charge in [-0.25, -0.2) is 9.59 Å². The van der Waals surface area contributed by atoms with Gasteiger partial charge in [-0.1, -0.05) is 24.3 Å². The van der Waals surface area contributed by atoms with E-state index in [0.717, 1.165) is 9.80 Å². The molecule has 2 heterocycles. The van der Waals surface area contributed by atoms with E-state index >= 15 is 0 Å². The van der Waals surface area contributed by atoms with Crippen LogP contribution in [-0.2, 0) is 19.4 Å². The molecule has 0 bridgehead atoms. The van der Waals surface area contributed by atoms with Crippen molar-refractivity contribution in [3.63, 3.8) is 0 Å². The van der Waals surface area contributed by atoms with E-state index in [9.17, 15) is 28.8 Å². The van der Waals surface area contributed by atoms with Crippen LogP contribution in [0.4, 0.5) is 0 Å². The maximum Gasteiger partial charge on any atom is 0.343 e. The minimum atomic E-state index is -0.887. The van der Waals surface area contributed by atoms with Gasteiger partial charge in [-0.3, -0.25) is 29.0 Å². The summed E-state index contributed by atoms with van der Waals surface area (Å²) in [5.41, 5.74) is 1.42. The summed E-state index contributed by atoms with van der Waals surface area (Å²) in [5.74, 6) is -3.25. The number of carbonyl (C=O) groups excluding carboxylic acids is 6. The molecular formula is C23H20N2O10. The van der Waals surface area contributed by atoms with E-state index in [2.05, 4.69) is 9.78 Å². The second kappa shape index (κ2) is 11.1. The Balaban J connectivity index is 0.000000196. The Morgan fingerprint density at radius 3 is 1.31 bits per heavy atom. The molecule has 4 rings (SSSR count). The number of hydrogen-bond acceptors (Lipinski definition) is 10. The fraction of sp³-hybridized carbons (Fsp3) is 0.217. The molecule has 0 atom stereocenters. The molecule has 2 aliphatic heterocycles. The summed E-state index contributed by atoms with van der Waals surface area (Å²) in [5, 5.41) is 16.2. The average molecular weight is 484 g/mol. The molecule has 0 spiro atoms. The number of fused-ring (bicyclic) bond motifs is 2. The van der Waals surface area contributed by atoms with Gasteiger partial charge in [0.15, 0.2) is 0 Å². The second-order valence-electron chi connectivity index (χ2n) is 7.40. The molecule has 2 N–H and O–H groups in total. The smallest absolute Gasteiger partial charge is 0.301 e. The van der Waals surface area contributed by atoms with Gasteiger partial charge in [0.05, 0.1) is 35.1 Å². The highest BCUT2D eigenvalue weighted by atomic mass is 17.1. The Morgan fingerprint density at radius 1 is 0.600 bits per heavy atom. The van der Waals surface area contributed by atoms with E-state index in [4.69, 9.17) is 10.5 Å². The first-order chi connectivity index (χ1) is 16.8. The first kappa shape index (κ1) is 25.2. The third kappa shape index (κ3) is 5.39. The van der Waals surface area contributed by atoms with E-state index in [1.807, 2.05) is 0 Å². The van der Waals surface area contributed by atoms with Crippen LogP contribution in [0.3, 0.4) is 0 Å². The monoisotopic (exact) mass is 484 g/mol. The summed E-state index contributed by atoms with van der Waals surface area (Å²) < 4.78 is 0. The fourth-order valence-corrected chi connectivity index (χ4v) is 3.56. The SMILES string of the molecule is O=C(CCCN1C(=O)c2ccccc2C1=O)OO.O=C(CCN1C(=O)c2ccccc2C1=O)OO. The maximum absolute atomic E-state index is 11.9. The van der Waals surface area contributed by atoms with E-state index in [-0.39, 0.29) is 44.2 Å². The lowest BCUT2D eigenvalue weighted by atomic mass is 10.1. The molecule has 0 saturated heterocycles. The number of benzene rings is 2. The minimum Gasteiger partial charge on any atom is -0.301 e. The Hall–Kier alpha value is -4.42. The van der Waals surface area contributed by atoms with Crippen LogP contribution in [-0.4, -0.2) is 69.0 Å². The third-order valence-electron chi connectivity index (χ3n) is 5.26. The van der Waals surface area contributed by atoms with Crippen LogP contribution in [0.15, 0.2) is 48.5 Å². The molecular weight excluding hydrogens is 464 g/mol. The molecule has 12 heteroatoms. The summed E-state index contributed by atoms with van der Waals surface area (Å²) in [6, 6.07) is 13.0. The Bertz CT molecular complexity index is 1120. The molecule has 0 radical (unpaired) electrons. The standard InChI is InChI=1S/C12H11NO5.C11H9NO5/c14-10(18-17)6-3-7-13-11(15)8-4-1-2-5-9(8)12(13)16;13-9(17-16)5-6-12-10(14)7-3-1-2-4-8(7)11(12)15/h1-2,4-5,17H,3,6-7H2;1-4,16H,5-6H2. The van der Waals surface area contributed by atoms with Gasteiger partial charge in [0.1, 0.15) is 0 Å². The number of imide groups is 2. The topological polar surface area (TPSA) is 168 Å². The van der Waals surface area contributed by atoms with Gasteiger partial charge in [0.2, 0.25) is 0 Å². The molecule has 182 valence electrons. The zero-order valence-electron chi connectivity index (χ0n) is 18.2. The summed E-state index contributed by atoms with van der Waals surface area (Å²) in [4.78, 5) is 77.8. The minimum absolute atomic E-state index is 0.0517. The average Bonchev–Trinajstić information content (AvgIpc) is 3.27. The molecule has 0 fully saturated rings. The van der Waals surface area contributed by atoms with Crippen molar-refractivity contribution in [2.45, 2.75) is 19.3 Å². The van der Waals surface area contributed by atoms with Gasteiger partial charge in [-0.05, 0) is 30.7 Å². The lowest BCUT2D eigenvalue weighted by Gasteiger charge is -2.12. The van der Waals surface area contributed by atoms with Crippen LogP contribution in [0.2, 0.25) is 0 Å². The largest absolute Gasteiger partial charge is 0.343 e. The highest BCUT2D eigenvalue weighted by molar-refractivity contribution is 6.22. The van der Waals surface area contributed by atoms with E-state index < -0.39 is 23.8 Å². The summed E-state index contributed by atoms with van der Waals surface area (Å²) >= 11 is 0. The van der Waals surface area contributed by atoms with Gasteiger partial charge in [-0.2, -0.15) is 10.5 Å². The van der Waals surface area contributed by atoms with Crippen molar-refractivity contribution < 1.29 is 49.1 Å². The lowest BCUT2D eigenvalue weighted by molar-refractivity contribution is -0.234. The third-order valence-corrected chi connectivity index (χ3v) is 5.26. The molecule has 4 amide bonds. The van der Waals surface area contributed by atoms with E-state index in [1.165, 1.54) is 0 Å². The van der Waals surface area contributed by atoms with E-state index in [1.54, 1.807) is 48.5 Å². The molecule has 35 heavy (non-hydrogen) atoms. The summed E-state index contributed by atoms with van der Waals surface area (Å²) in [7, 11) is 0. The number of rotatable bonds is 7. The number of nitrogens with zero attached hydrogens (tertiary/aromatic N) is 2. The van der Waals surface area contributed by atoms with Crippen molar-refractivity contribution in [2.24, 2.45) is 0 Å². The lowest BCUT2D eigenvalue weighted by Crippen LogP contribution is -2.32. The Morgan fingerprint density at radius 2 is 0.943 bits per heavy atom. The van der Waals surface area contributed by atoms with Crippen LogP contribution in [0.1, 0.15) is 60.7 Å². The van der Waals surface area contributed by atoms with Gasteiger partial charge >= 0.3 is 11.9 Å². The van der Waals surface area contributed by atoms with Crippen molar-refractivity contribution in [3.8, 4) is 0 Å². The van der Waals surface area contributed by atoms with Crippen LogP contribution in [0.25, 0.3) is 0 Å². The predicted molar refractivity (Wildman–Crippen MR) is 115 cm³/mol. The van der Waals surface area contributed by atoms with Crippen LogP contribution in [0.5, 0.6) is 0 Å². The molecule has 0 aromatic heterocycles. The van der Waals surface area contributed by atoms with Gasteiger partial charge < -0.3 is 9.78 Å². The molecule has 0 saturated carbocycles. The quantitative estimate of drug-likeness (QED) is 0.336. The van der Waals surface area contributed by atoms with Crippen molar-refractivity contribution in [3.05, 3.63) is 70.8 Å². The van der Waals surface area contributed by atoms with Gasteiger partial charge in [0, 0.05) is 13.1 Å². The zero-order chi connectivity index (χ0) is 25.5. The molecule has 0 unspecified atom stereocenters. The number of amides is 4. The van der Waals surface area contributed by atoms with Crippen LogP contribution in [0, 0.1) is 0 Å². The molecule has 12 nitrogen and oxygen atoms in total. The molecule has 2 aromatic carbocycles. The summed E-state index contributed by atoms with van der Waals surface area (Å²) in [6.45, 7) is 0.0210. The van der Waals surface area contributed by atoms with Crippen molar-refractivity contribution in [2.75, 3.05) is 13.1 Å².